The van der Waals surface area contributed by atoms with Crippen LogP contribution in [0.5, 0.6) is 0 Å². The Morgan fingerprint density at radius 2 is 2.23 bits per heavy atom. The summed E-state index contributed by atoms with van der Waals surface area (Å²) in [5.74, 6) is -0.120. The summed E-state index contributed by atoms with van der Waals surface area (Å²) in [5, 5.41) is 14.8. The quantitative estimate of drug-likeness (QED) is 0.672. The number of pyridine rings is 1. The molecule has 1 aromatic carbocycles. The summed E-state index contributed by atoms with van der Waals surface area (Å²) in [7, 11) is 1.68. The Labute approximate surface area is 127 Å². The number of carbonyl (C=O) groups excluding carboxylic acids is 1. The molecule has 1 heterocycles. The molecule has 0 bridgehead atoms. The molecule has 0 unspecified atom stereocenters. The lowest BCUT2D eigenvalue weighted by Crippen LogP contribution is -2.36. The van der Waals surface area contributed by atoms with Crippen LogP contribution in [0.25, 0.3) is 10.9 Å². The van der Waals surface area contributed by atoms with Gasteiger partial charge in [-0.05, 0) is 37.1 Å². The number of carbonyl (C=O) groups is 1. The zero-order chi connectivity index (χ0) is 15.7. The minimum Gasteiger partial charge on any atom is -0.360 e. The summed E-state index contributed by atoms with van der Waals surface area (Å²) in [6, 6.07) is 6.97. The zero-order valence-electron chi connectivity index (χ0n) is 12.2. The van der Waals surface area contributed by atoms with E-state index in [4.69, 9.17) is 0 Å². The molecule has 1 fully saturated rings. The number of hydrogen-bond donors (Lipinski definition) is 1. The highest BCUT2D eigenvalue weighted by Gasteiger charge is 2.26. The second-order valence-corrected chi connectivity index (χ2v) is 5.46. The van der Waals surface area contributed by atoms with Gasteiger partial charge in [-0.2, -0.15) is 0 Å². The van der Waals surface area contributed by atoms with Gasteiger partial charge in [0.1, 0.15) is 5.69 Å². The van der Waals surface area contributed by atoms with Crippen LogP contribution in [-0.2, 0) is 4.79 Å². The Bertz CT molecular complexity index is 743. The Kier molecular flexibility index (Phi) is 3.62. The summed E-state index contributed by atoms with van der Waals surface area (Å²) in [5.41, 5.74) is 0.956. The molecule has 1 aliphatic carbocycles. The third kappa shape index (κ3) is 2.83. The lowest BCUT2D eigenvalue weighted by Gasteiger charge is -2.19. The first kappa shape index (κ1) is 14.2. The maximum Gasteiger partial charge on any atom is 0.301 e. The van der Waals surface area contributed by atoms with Gasteiger partial charge in [0.2, 0.25) is 5.91 Å². The minimum atomic E-state index is -0.422. The van der Waals surface area contributed by atoms with E-state index in [-0.39, 0.29) is 24.2 Å². The number of amides is 1. The van der Waals surface area contributed by atoms with Crippen molar-refractivity contribution in [2.24, 2.45) is 0 Å². The molecule has 1 aromatic heterocycles. The molecule has 3 rings (SSSR count). The first-order chi connectivity index (χ1) is 10.6. The number of likely N-dealkylation sites (N-methyl/N-ethyl adjacent to an activating group) is 1. The lowest BCUT2D eigenvalue weighted by atomic mass is 10.1. The predicted molar refractivity (Wildman–Crippen MR) is 82.8 cm³/mol. The minimum absolute atomic E-state index is 0.0210. The van der Waals surface area contributed by atoms with Gasteiger partial charge in [0.25, 0.3) is 0 Å². The normalized spacial score (nSPS) is 13.9. The van der Waals surface area contributed by atoms with Crippen molar-refractivity contribution in [2.75, 3.05) is 18.5 Å². The molecule has 22 heavy (non-hydrogen) atoms. The van der Waals surface area contributed by atoms with Gasteiger partial charge in [0.05, 0.1) is 22.4 Å². The van der Waals surface area contributed by atoms with Gasteiger partial charge in [0.15, 0.2) is 0 Å². The molecular weight excluding hydrogens is 284 g/mol. The molecule has 1 saturated carbocycles. The molecule has 2 aromatic rings. The highest BCUT2D eigenvalue weighted by atomic mass is 16.6. The number of fused-ring (bicyclic) bond motifs is 1. The van der Waals surface area contributed by atoms with E-state index in [1.807, 2.05) is 0 Å². The number of nitro groups is 1. The second-order valence-electron chi connectivity index (χ2n) is 5.46. The smallest absolute Gasteiger partial charge is 0.301 e. The summed E-state index contributed by atoms with van der Waals surface area (Å²) in [6.45, 7) is 0.0864. The molecule has 7 nitrogen and oxygen atoms in total. The van der Waals surface area contributed by atoms with E-state index >= 15 is 0 Å². The van der Waals surface area contributed by atoms with Gasteiger partial charge in [-0.3, -0.25) is 19.9 Å². The Hall–Kier alpha value is -2.70. The summed E-state index contributed by atoms with van der Waals surface area (Å²) in [6.07, 6.45) is 3.62. The number of nitrogens with one attached hydrogen (secondary N) is 1. The van der Waals surface area contributed by atoms with Crippen molar-refractivity contribution in [3.05, 3.63) is 40.6 Å². The number of nitrogens with zero attached hydrogens (tertiary/aromatic N) is 3. The van der Waals surface area contributed by atoms with Crippen LogP contribution in [0.3, 0.4) is 0 Å². The van der Waals surface area contributed by atoms with Crippen LogP contribution >= 0.6 is 0 Å². The zero-order valence-corrected chi connectivity index (χ0v) is 12.2. The third-order valence-electron chi connectivity index (χ3n) is 3.65. The largest absolute Gasteiger partial charge is 0.360 e. The lowest BCUT2D eigenvalue weighted by molar-refractivity contribution is -0.382. The Balaban J connectivity index is 1.92. The molecule has 0 radical (unpaired) electrons. The molecule has 7 heteroatoms. The summed E-state index contributed by atoms with van der Waals surface area (Å²) in [4.78, 5) is 28.7. The molecule has 1 aliphatic rings. The van der Waals surface area contributed by atoms with E-state index in [9.17, 15) is 14.9 Å². The van der Waals surface area contributed by atoms with E-state index < -0.39 is 4.92 Å². The Morgan fingerprint density at radius 1 is 1.45 bits per heavy atom. The van der Waals surface area contributed by atoms with E-state index in [0.717, 1.165) is 12.8 Å². The van der Waals surface area contributed by atoms with Crippen molar-refractivity contribution < 1.29 is 9.72 Å². The molecule has 1 amide bonds. The van der Waals surface area contributed by atoms with E-state index in [1.54, 1.807) is 42.4 Å². The van der Waals surface area contributed by atoms with Crippen LogP contribution in [-0.4, -0.2) is 35.4 Å². The highest BCUT2D eigenvalue weighted by molar-refractivity contribution is 5.95. The van der Waals surface area contributed by atoms with Crippen molar-refractivity contribution in [3.63, 3.8) is 0 Å². The van der Waals surface area contributed by atoms with Crippen molar-refractivity contribution >= 4 is 28.2 Å². The van der Waals surface area contributed by atoms with Gasteiger partial charge in [-0.1, -0.05) is 0 Å². The monoisotopic (exact) mass is 300 g/mol. The molecular formula is C15H16N4O3. The van der Waals surface area contributed by atoms with E-state index in [2.05, 4.69) is 10.3 Å². The topological polar surface area (TPSA) is 88.4 Å². The van der Waals surface area contributed by atoms with E-state index in [1.165, 1.54) is 0 Å². The maximum atomic E-state index is 11.9. The number of benzene rings is 1. The van der Waals surface area contributed by atoms with Gasteiger partial charge in [-0.15, -0.1) is 0 Å². The molecule has 1 N–H and O–H groups in total. The fourth-order valence-electron chi connectivity index (χ4n) is 2.43. The standard InChI is InChI=1S/C15H16N4O3/c1-18(9-14(20)17-10-4-5-10)13-7-6-12-11(3-2-8-16-12)15(13)19(21)22/h2-3,6-8,10H,4-5,9H2,1H3,(H,17,20). The van der Waals surface area contributed by atoms with Crippen LogP contribution < -0.4 is 10.2 Å². The summed E-state index contributed by atoms with van der Waals surface area (Å²) >= 11 is 0. The number of rotatable bonds is 5. The SMILES string of the molecule is CN(CC(=O)NC1CC1)c1ccc2ncccc2c1[N+](=O)[O-]. The average Bonchev–Trinajstić information content (AvgIpc) is 3.29. The molecule has 114 valence electrons. The van der Waals surface area contributed by atoms with Crippen molar-refractivity contribution in [3.8, 4) is 0 Å². The second kappa shape index (κ2) is 5.59. The molecule has 0 saturated heterocycles. The van der Waals surface area contributed by atoms with Crippen LogP contribution in [0.4, 0.5) is 11.4 Å². The number of hydrogen-bond acceptors (Lipinski definition) is 5. The van der Waals surface area contributed by atoms with Crippen molar-refractivity contribution in [1.82, 2.24) is 10.3 Å². The van der Waals surface area contributed by atoms with Gasteiger partial charge >= 0.3 is 5.69 Å². The third-order valence-corrected chi connectivity index (χ3v) is 3.65. The average molecular weight is 300 g/mol. The molecule has 0 spiro atoms. The van der Waals surface area contributed by atoms with Crippen LogP contribution in [0, 0.1) is 10.1 Å². The van der Waals surface area contributed by atoms with E-state index in [0.29, 0.717) is 16.6 Å². The first-order valence-electron chi connectivity index (χ1n) is 7.09. The van der Waals surface area contributed by atoms with Gasteiger partial charge in [-0.25, -0.2) is 0 Å². The van der Waals surface area contributed by atoms with Gasteiger partial charge in [0, 0.05) is 19.3 Å². The summed E-state index contributed by atoms with van der Waals surface area (Å²) < 4.78 is 0. The first-order valence-corrected chi connectivity index (χ1v) is 7.09. The number of nitro benzene ring substituents is 1. The van der Waals surface area contributed by atoms with Crippen molar-refractivity contribution in [2.45, 2.75) is 18.9 Å². The fourth-order valence-corrected chi connectivity index (χ4v) is 2.43. The molecule has 0 atom stereocenters. The maximum absolute atomic E-state index is 11.9. The van der Waals surface area contributed by atoms with Crippen LogP contribution in [0.15, 0.2) is 30.5 Å². The van der Waals surface area contributed by atoms with Crippen LogP contribution in [0.2, 0.25) is 0 Å². The predicted octanol–water partition coefficient (Wildman–Crippen LogP) is 1.86. The molecule has 0 aliphatic heterocycles. The fraction of sp³-hybridized carbons (Fsp3) is 0.333. The highest BCUT2D eigenvalue weighted by Crippen LogP contribution is 2.34. The Morgan fingerprint density at radius 3 is 2.91 bits per heavy atom. The van der Waals surface area contributed by atoms with Crippen LogP contribution in [0.1, 0.15) is 12.8 Å². The number of anilines is 1. The van der Waals surface area contributed by atoms with Crippen molar-refractivity contribution in [1.29, 1.82) is 0 Å². The number of aromatic nitrogens is 1. The van der Waals surface area contributed by atoms with Gasteiger partial charge < -0.3 is 10.2 Å².